The molecule has 0 aromatic rings. The Bertz CT molecular complexity index is 239. The Balaban J connectivity index is 2.33. The predicted molar refractivity (Wildman–Crippen MR) is 72.3 cm³/mol. The van der Waals surface area contributed by atoms with Gasteiger partial charge >= 0.3 is 6.03 Å². The number of carbonyl (C=O) groups excluding carboxylic acids is 1. The number of aliphatic hydroxyl groups excluding tert-OH is 1. The number of nitrogens with one attached hydrogen (secondary N) is 2. The molecule has 4 nitrogen and oxygen atoms in total. The minimum absolute atomic E-state index is 0.100. The van der Waals surface area contributed by atoms with Gasteiger partial charge in [-0.2, -0.15) is 11.8 Å². The third-order valence-corrected chi connectivity index (χ3v) is 4.09. The van der Waals surface area contributed by atoms with E-state index in [2.05, 4.69) is 10.6 Å². The van der Waals surface area contributed by atoms with Crippen LogP contribution in [0.4, 0.5) is 4.79 Å². The van der Waals surface area contributed by atoms with E-state index in [1.54, 1.807) is 11.8 Å². The Labute approximate surface area is 108 Å². The highest BCUT2D eigenvalue weighted by Crippen LogP contribution is 2.23. The molecule has 1 rings (SSSR count). The van der Waals surface area contributed by atoms with Crippen LogP contribution < -0.4 is 10.6 Å². The van der Waals surface area contributed by atoms with E-state index >= 15 is 0 Å². The Morgan fingerprint density at radius 3 is 2.82 bits per heavy atom. The molecule has 5 heteroatoms. The van der Waals surface area contributed by atoms with Crippen LogP contribution in [0.15, 0.2) is 0 Å². The van der Waals surface area contributed by atoms with E-state index < -0.39 is 0 Å². The largest absolute Gasteiger partial charge is 0.396 e. The molecule has 100 valence electrons. The smallest absolute Gasteiger partial charge is 0.315 e. The van der Waals surface area contributed by atoms with Gasteiger partial charge in [0.1, 0.15) is 0 Å². The Kier molecular flexibility index (Phi) is 6.73. The van der Waals surface area contributed by atoms with Gasteiger partial charge in [-0.05, 0) is 26.0 Å². The second-order valence-electron chi connectivity index (χ2n) is 4.81. The van der Waals surface area contributed by atoms with Crippen molar-refractivity contribution in [3.8, 4) is 0 Å². The normalized spacial score (nSPS) is 26.3. The van der Waals surface area contributed by atoms with Crippen molar-refractivity contribution in [1.29, 1.82) is 0 Å². The minimum atomic E-state index is -0.100. The highest BCUT2D eigenvalue weighted by Gasteiger charge is 2.25. The third kappa shape index (κ3) is 5.17. The van der Waals surface area contributed by atoms with Gasteiger partial charge in [-0.1, -0.05) is 12.8 Å². The zero-order chi connectivity index (χ0) is 12.7. The molecule has 17 heavy (non-hydrogen) atoms. The van der Waals surface area contributed by atoms with Gasteiger partial charge in [0.2, 0.25) is 0 Å². The molecule has 0 spiro atoms. The Hall–Kier alpha value is -0.420. The minimum Gasteiger partial charge on any atom is -0.396 e. The van der Waals surface area contributed by atoms with E-state index in [1.807, 2.05) is 13.2 Å². The monoisotopic (exact) mass is 260 g/mol. The van der Waals surface area contributed by atoms with Crippen molar-refractivity contribution in [2.75, 3.05) is 18.6 Å². The first kappa shape index (κ1) is 14.6. The van der Waals surface area contributed by atoms with E-state index in [4.69, 9.17) is 0 Å². The fraction of sp³-hybridized carbons (Fsp3) is 0.917. The fourth-order valence-electron chi connectivity index (χ4n) is 2.34. The molecule has 0 aromatic heterocycles. The standard InChI is InChI=1S/C12H24N2O2S/c1-9(8-17-2)13-12(16)14-11-6-4-3-5-10(11)7-15/h9-11,15H,3-8H2,1-2H3,(H2,13,14,16). The van der Waals surface area contributed by atoms with Crippen LogP contribution in [0.25, 0.3) is 0 Å². The van der Waals surface area contributed by atoms with E-state index in [1.165, 1.54) is 0 Å². The maximum absolute atomic E-state index is 11.7. The van der Waals surface area contributed by atoms with Crippen LogP contribution >= 0.6 is 11.8 Å². The summed E-state index contributed by atoms with van der Waals surface area (Å²) in [5, 5.41) is 15.2. The van der Waals surface area contributed by atoms with Crippen LogP contribution in [0.3, 0.4) is 0 Å². The van der Waals surface area contributed by atoms with Gasteiger partial charge in [-0.15, -0.1) is 0 Å². The van der Waals surface area contributed by atoms with E-state index in [0.29, 0.717) is 0 Å². The third-order valence-electron chi connectivity index (χ3n) is 3.25. The summed E-state index contributed by atoms with van der Waals surface area (Å²) in [6.45, 7) is 2.17. The summed E-state index contributed by atoms with van der Waals surface area (Å²) < 4.78 is 0. The average molecular weight is 260 g/mol. The molecule has 0 aromatic carbocycles. The second-order valence-corrected chi connectivity index (χ2v) is 5.72. The van der Waals surface area contributed by atoms with E-state index in [0.717, 1.165) is 31.4 Å². The van der Waals surface area contributed by atoms with Gasteiger partial charge in [0.25, 0.3) is 0 Å². The van der Waals surface area contributed by atoms with Gasteiger partial charge in [-0.3, -0.25) is 0 Å². The highest BCUT2D eigenvalue weighted by atomic mass is 32.2. The Morgan fingerprint density at radius 2 is 2.18 bits per heavy atom. The molecule has 1 saturated carbocycles. The van der Waals surface area contributed by atoms with Gasteiger partial charge in [0, 0.05) is 30.4 Å². The highest BCUT2D eigenvalue weighted by molar-refractivity contribution is 7.98. The number of urea groups is 1. The molecule has 0 bridgehead atoms. The summed E-state index contributed by atoms with van der Waals surface area (Å²) in [5.74, 6) is 1.15. The summed E-state index contributed by atoms with van der Waals surface area (Å²) >= 11 is 1.72. The zero-order valence-corrected chi connectivity index (χ0v) is 11.6. The number of hydrogen-bond donors (Lipinski definition) is 3. The predicted octanol–water partition coefficient (Wildman–Crippen LogP) is 1.59. The number of rotatable bonds is 5. The first-order valence-electron chi connectivity index (χ1n) is 6.34. The molecular weight excluding hydrogens is 236 g/mol. The zero-order valence-electron chi connectivity index (χ0n) is 10.7. The molecule has 3 atom stereocenters. The fourth-order valence-corrected chi connectivity index (χ4v) is 2.93. The Morgan fingerprint density at radius 1 is 1.47 bits per heavy atom. The molecule has 0 radical (unpaired) electrons. The lowest BCUT2D eigenvalue weighted by molar-refractivity contribution is 0.153. The second kappa shape index (κ2) is 7.82. The van der Waals surface area contributed by atoms with Crippen LogP contribution in [0.5, 0.6) is 0 Å². The number of aliphatic hydroxyl groups is 1. The molecule has 1 aliphatic carbocycles. The summed E-state index contributed by atoms with van der Waals surface area (Å²) in [6, 6.07) is 0.216. The lowest BCUT2D eigenvalue weighted by atomic mass is 9.85. The van der Waals surface area contributed by atoms with Crippen LogP contribution in [0.2, 0.25) is 0 Å². The van der Waals surface area contributed by atoms with Crippen LogP contribution in [-0.4, -0.2) is 41.8 Å². The first-order valence-corrected chi connectivity index (χ1v) is 7.73. The SMILES string of the molecule is CSCC(C)NC(=O)NC1CCCCC1CO. The first-order chi connectivity index (χ1) is 8.17. The van der Waals surface area contributed by atoms with E-state index in [-0.39, 0.29) is 30.6 Å². The van der Waals surface area contributed by atoms with Crippen molar-refractivity contribution in [3.63, 3.8) is 0 Å². The van der Waals surface area contributed by atoms with Gasteiger partial charge < -0.3 is 15.7 Å². The number of thioether (sulfide) groups is 1. The molecule has 0 aliphatic heterocycles. The van der Waals surface area contributed by atoms with E-state index in [9.17, 15) is 9.90 Å². The molecule has 0 saturated heterocycles. The maximum Gasteiger partial charge on any atom is 0.315 e. The summed E-state index contributed by atoms with van der Waals surface area (Å²) in [4.78, 5) is 11.7. The maximum atomic E-state index is 11.7. The number of hydrogen-bond acceptors (Lipinski definition) is 3. The lowest BCUT2D eigenvalue weighted by Crippen LogP contribution is -2.50. The van der Waals surface area contributed by atoms with Crippen molar-refractivity contribution < 1.29 is 9.90 Å². The van der Waals surface area contributed by atoms with Crippen molar-refractivity contribution in [2.45, 2.75) is 44.7 Å². The topological polar surface area (TPSA) is 61.4 Å². The quantitative estimate of drug-likeness (QED) is 0.703. The number of amides is 2. The number of carbonyl (C=O) groups is 1. The van der Waals surface area contributed by atoms with Crippen LogP contribution in [0, 0.1) is 5.92 Å². The summed E-state index contributed by atoms with van der Waals surface area (Å²) in [5.41, 5.74) is 0. The van der Waals surface area contributed by atoms with Crippen LogP contribution in [-0.2, 0) is 0 Å². The summed E-state index contributed by atoms with van der Waals surface area (Å²) in [7, 11) is 0. The van der Waals surface area contributed by atoms with Crippen molar-refractivity contribution >= 4 is 17.8 Å². The van der Waals surface area contributed by atoms with Gasteiger partial charge in [0.05, 0.1) is 0 Å². The lowest BCUT2D eigenvalue weighted by Gasteiger charge is -2.31. The molecule has 1 fully saturated rings. The van der Waals surface area contributed by atoms with Crippen molar-refractivity contribution in [1.82, 2.24) is 10.6 Å². The van der Waals surface area contributed by atoms with Gasteiger partial charge in [0.15, 0.2) is 0 Å². The van der Waals surface area contributed by atoms with Crippen molar-refractivity contribution in [3.05, 3.63) is 0 Å². The molecule has 0 heterocycles. The molecule has 2 amide bonds. The molecule has 3 N–H and O–H groups in total. The van der Waals surface area contributed by atoms with Crippen molar-refractivity contribution in [2.24, 2.45) is 5.92 Å². The molecule has 1 aliphatic rings. The molecule has 3 unspecified atom stereocenters. The molecular formula is C12H24N2O2S. The van der Waals surface area contributed by atoms with Gasteiger partial charge in [-0.25, -0.2) is 4.79 Å². The average Bonchev–Trinajstić information content (AvgIpc) is 2.29. The summed E-state index contributed by atoms with van der Waals surface area (Å²) in [6.07, 6.45) is 6.33. The van der Waals surface area contributed by atoms with Crippen LogP contribution in [0.1, 0.15) is 32.6 Å².